The summed E-state index contributed by atoms with van der Waals surface area (Å²) < 4.78 is 6.01. The van der Waals surface area contributed by atoms with Crippen molar-refractivity contribution in [3.8, 4) is 0 Å². The van der Waals surface area contributed by atoms with Crippen LogP contribution in [0.3, 0.4) is 0 Å². The smallest absolute Gasteiger partial charge is 0.310 e. The summed E-state index contributed by atoms with van der Waals surface area (Å²) in [6.45, 7) is 15.1. The molecular formula is C19H36O2. The third kappa shape index (κ3) is 5.30. The van der Waals surface area contributed by atoms with Gasteiger partial charge in [-0.2, -0.15) is 0 Å². The van der Waals surface area contributed by atoms with Crippen LogP contribution >= 0.6 is 0 Å². The van der Waals surface area contributed by atoms with Gasteiger partial charge in [-0.15, -0.1) is 0 Å². The fraction of sp³-hybridized carbons (Fsp3) is 0.947. The Morgan fingerprint density at radius 3 is 2.05 bits per heavy atom. The molecule has 1 atom stereocenters. The molecule has 1 rings (SSSR count). The van der Waals surface area contributed by atoms with Gasteiger partial charge in [0.15, 0.2) is 0 Å². The lowest BCUT2D eigenvalue weighted by Crippen LogP contribution is -2.42. The van der Waals surface area contributed by atoms with Crippen molar-refractivity contribution in [2.45, 2.75) is 92.6 Å². The second-order valence-electron chi connectivity index (χ2n) is 8.69. The maximum atomic E-state index is 12.7. The van der Waals surface area contributed by atoms with Crippen molar-refractivity contribution in [2.75, 3.05) is 0 Å². The molecule has 124 valence electrons. The van der Waals surface area contributed by atoms with E-state index in [2.05, 4.69) is 48.5 Å². The van der Waals surface area contributed by atoms with E-state index in [0.717, 1.165) is 18.8 Å². The van der Waals surface area contributed by atoms with Gasteiger partial charge in [-0.1, -0.05) is 53.9 Å². The normalized spacial score (nSPS) is 25.5. The molecule has 0 N–H and O–H groups in total. The molecule has 0 aromatic heterocycles. The summed E-state index contributed by atoms with van der Waals surface area (Å²) in [5, 5.41) is 0. The standard InChI is InChI=1S/C19H36O2/c1-8-9-16(18(3,4)5)17(20)21-19(6,7)15-12-10-14(2)11-13-15/h14-16H,8-13H2,1-7H3. The first-order valence-electron chi connectivity index (χ1n) is 8.80. The molecule has 2 nitrogen and oxygen atoms in total. The summed E-state index contributed by atoms with van der Waals surface area (Å²) in [6, 6.07) is 0. The van der Waals surface area contributed by atoms with Crippen molar-refractivity contribution < 1.29 is 9.53 Å². The van der Waals surface area contributed by atoms with Crippen LogP contribution in [0.4, 0.5) is 0 Å². The Kier molecular flexibility index (Phi) is 6.31. The van der Waals surface area contributed by atoms with Crippen molar-refractivity contribution in [1.29, 1.82) is 0 Å². The zero-order valence-electron chi connectivity index (χ0n) is 15.3. The molecule has 1 fully saturated rings. The second kappa shape index (κ2) is 7.15. The minimum absolute atomic E-state index is 0.00397. The van der Waals surface area contributed by atoms with E-state index in [4.69, 9.17) is 4.74 Å². The SMILES string of the molecule is CCCC(C(=O)OC(C)(C)C1CCC(C)CC1)C(C)(C)C. The number of carbonyl (C=O) groups excluding carboxylic acids is 1. The van der Waals surface area contributed by atoms with E-state index in [1.807, 2.05) is 0 Å². The van der Waals surface area contributed by atoms with E-state index < -0.39 is 0 Å². The molecule has 0 aromatic rings. The molecule has 21 heavy (non-hydrogen) atoms. The highest BCUT2D eigenvalue weighted by atomic mass is 16.6. The first-order chi connectivity index (χ1) is 9.58. The summed E-state index contributed by atoms with van der Waals surface area (Å²) >= 11 is 0. The molecule has 0 radical (unpaired) electrons. The molecule has 1 unspecified atom stereocenters. The van der Waals surface area contributed by atoms with Gasteiger partial charge in [0.05, 0.1) is 5.92 Å². The monoisotopic (exact) mass is 296 g/mol. The van der Waals surface area contributed by atoms with E-state index >= 15 is 0 Å². The van der Waals surface area contributed by atoms with Crippen LogP contribution in [-0.4, -0.2) is 11.6 Å². The molecule has 0 spiro atoms. The Hall–Kier alpha value is -0.530. The van der Waals surface area contributed by atoms with Crippen LogP contribution in [0.1, 0.15) is 87.0 Å². The Bertz CT molecular complexity index is 330. The zero-order valence-corrected chi connectivity index (χ0v) is 15.3. The molecule has 0 heterocycles. The van der Waals surface area contributed by atoms with Gasteiger partial charge in [0.2, 0.25) is 0 Å². The Balaban J connectivity index is 2.70. The van der Waals surface area contributed by atoms with E-state index in [1.54, 1.807) is 0 Å². The van der Waals surface area contributed by atoms with Crippen molar-refractivity contribution in [3.63, 3.8) is 0 Å². The fourth-order valence-corrected chi connectivity index (χ4v) is 3.56. The van der Waals surface area contributed by atoms with Crippen LogP contribution in [0.25, 0.3) is 0 Å². The average molecular weight is 296 g/mol. The number of ether oxygens (including phenoxy) is 1. The van der Waals surface area contributed by atoms with Gasteiger partial charge in [0.25, 0.3) is 0 Å². The largest absolute Gasteiger partial charge is 0.459 e. The number of esters is 1. The minimum Gasteiger partial charge on any atom is -0.459 e. The van der Waals surface area contributed by atoms with Gasteiger partial charge in [0, 0.05) is 0 Å². The zero-order chi connectivity index (χ0) is 16.3. The lowest BCUT2D eigenvalue weighted by atomic mass is 9.74. The molecular weight excluding hydrogens is 260 g/mol. The number of hydrogen-bond donors (Lipinski definition) is 0. The van der Waals surface area contributed by atoms with Gasteiger partial charge in [0.1, 0.15) is 5.60 Å². The predicted molar refractivity (Wildman–Crippen MR) is 89.1 cm³/mol. The fourth-order valence-electron chi connectivity index (χ4n) is 3.56. The van der Waals surface area contributed by atoms with E-state index in [1.165, 1.54) is 25.7 Å². The van der Waals surface area contributed by atoms with Gasteiger partial charge in [-0.05, 0) is 50.4 Å². The molecule has 0 aromatic carbocycles. The van der Waals surface area contributed by atoms with Crippen molar-refractivity contribution in [3.05, 3.63) is 0 Å². The van der Waals surface area contributed by atoms with Gasteiger partial charge in [-0.3, -0.25) is 4.79 Å². The maximum Gasteiger partial charge on any atom is 0.310 e. The number of hydrogen-bond acceptors (Lipinski definition) is 2. The van der Waals surface area contributed by atoms with Crippen molar-refractivity contribution >= 4 is 5.97 Å². The van der Waals surface area contributed by atoms with Crippen LogP contribution < -0.4 is 0 Å². The number of rotatable bonds is 5. The van der Waals surface area contributed by atoms with E-state index in [-0.39, 0.29) is 22.9 Å². The van der Waals surface area contributed by atoms with Crippen LogP contribution in [-0.2, 0) is 9.53 Å². The van der Waals surface area contributed by atoms with Crippen LogP contribution in [0.5, 0.6) is 0 Å². The van der Waals surface area contributed by atoms with Crippen molar-refractivity contribution in [2.24, 2.45) is 23.2 Å². The van der Waals surface area contributed by atoms with Crippen molar-refractivity contribution in [1.82, 2.24) is 0 Å². The van der Waals surface area contributed by atoms with Crippen LogP contribution in [0.15, 0.2) is 0 Å². The summed E-state index contributed by atoms with van der Waals surface area (Å²) in [5.74, 6) is 1.35. The molecule has 0 amide bonds. The Morgan fingerprint density at radius 2 is 1.62 bits per heavy atom. The number of carbonyl (C=O) groups is 1. The lowest BCUT2D eigenvalue weighted by molar-refractivity contribution is -0.172. The molecule has 0 saturated heterocycles. The molecule has 1 aliphatic rings. The highest BCUT2D eigenvalue weighted by Gasteiger charge is 2.39. The summed E-state index contributed by atoms with van der Waals surface area (Å²) in [6.07, 6.45) is 6.86. The summed E-state index contributed by atoms with van der Waals surface area (Å²) in [4.78, 5) is 12.7. The van der Waals surface area contributed by atoms with Crippen LogP contribution in [0.2, 0.25) is 0 Å². The topological polar surface area (TPSA) is 26.3 Å². The summed E-state index contributed by atoms with van der Waals surface area (Å²) in [5.41, 5.74) is -0.348. The molecule has 2 heteroatoms. The average Bonchev–Trinajstić information content (AvgIpc) is 2.34. The van der Waals surface area contributed by atoms with Gasteiger partial charge in [-0.25, -0.2) is 0 Å². The molecule has 0 bridgehead atoms. The quantitative estimate of drug-likeness (QED) is 0.617. The highest BCUT2D eigenvalue weighted by Crippen LogP contribution is 2.39. The molecule has 0 aliphatic heterocycles. The predicted octanol–water partition coefficient (Wildman–Crippen LogP) is 5.60. The molecule has 1 saturated carbocycles. The highest BCUT2D eigenvalue weighted by molar-refractivity contribution is 5.73. The Labute approximate surface area is 132 Å². The van der Waals surface area contributed by atoms with E-state index in [0.29, 0.717) is 5.92 Å². The van der Waals surface area contributed by atoms with Crippen LogP contribution in [0, 0.1) is 23.2 Å². The molecule has 1 aliphatic carbocycles. The van der Waals surface area contributed by atoms with Gasteiger partial charge < -0.3 is 4.74 Å². The minimum atomic E-state index is -0.325. The summed E-state index contributed by atoms with van der Waals surface area (Å²) in [7, 11) is 0. The lowest BCUT2D eigenvalue weighted by Gasteiger charge is -2.40. The van der Waals surface area contributed by atoms with E-state index in [9.17, 15) is 4.79 Å². The second-order valence-corrected chi connectivity index (χ2v) is 8.69. The third-order valence-corrected chi connectivity index (χ3v) is 5.27. The maximum absolute atomic E-state index is 12.7. The third-order valence-electron chi connectivity index (χ3n) is 5.27. The van der Waals surface area contributed by atoms with Gasteiger partial charge >= 0.3 is 5.97 Å². The first-order valence-corrected chi connectivity index (χ1v) is 8.80. The Morgan fingerprint density at radius 1 is 1.10 bits per heavy atom. The first kappa shape index (κ1) is 18.5.